The van der Waals surface area contributed by atoms with Gasteiger partial charge in [-0.05, 0) is 68.7 Å². The fourth-order valence-corrected chi connectivity index (χ4v) is 4.92. The van der Waals surface area contributed by atoms with E-state index in [2.05, 4.69) is 10.4 Å². The lowest BCUT2D eigenvalue weighted by molar-refractivity contribution is -0.146. The molecule has 0 radical (unpaired) electrons. The quantitative estimate of drug-likeness (QED) is 0.409. The SMILES string of the molecule is CCOc1cc(CN2C[C@H](NC(=O)c3ccc(Cn4nc(C)cc4C)cc3)C[C@H]2C(=O)OC)ccc1OC. The molecule has 9 nitrogen and oxygen atoms in total. The third-order valence-corrected chi connectivity index (χ3v) is 6.78. The molecule has 1 aliphatic rings. The highest BCUT2D eigenvalue weighted by atomic mass is 16.5. The summed E-state index contributed by atoms with van der Waals surface area (Å²) in [7, 11) is 2.99. The minimum absolute atomic E-state index is 0.166. The fourth-order valence-electron chi connectivity index (χ4n) is 4.92. The van der Waals surface area contributed by atoms with Crippen molar-refractivity contribution in [3.63, 3.8) is 0 Å². The fraction of sp³-hybridized carbons (Fsp3) is 0.414. The van der Waals surface area contributed by atoms with Crippen molar-refractivity contribution in [3.05, 3.63) is 76.6 Å². The Balaban J connectivity index is 1.41. The third kappa shape index (κ3) is 6.34. The molecule has 0 aliphatic carbocycles. The molecule has 38 heavy (non-hydrogen) atoms. The lowest BCUT2D eigenvalue weighted by atomic mass is 10.1. The monoisotopic (exact) mass is 520 g/mol. The van der Waals surface area contributed by atoms with Crippen LogP contribution in [0.3, 0.4) is 0 Å². The van der Waals surface area contributed by atoms with Crippen LogP contribution in [0.25, 0.3) is 0 Å². The Bertz CT molecular complexity index is 1270. The number of aromatic nitrogens is 2. The van der Waals surface area contributed by atoms with Crippen molar-refractivity contribution >= 4 is 11.9 Å². The average molecular weight is 521 g/mol. The minimum atomic E-state index is -0.453. The smallest absolute Gasteiger partial charge is 0.323 e. The van der Waals surface area contributed by atoms with Crippen molar-refractivity contribution in [1.29, 1.82) is 0 Å². The van der Waals surface area contributed by atoms with Gasteiger partial charge in [0.05, 0.1) is 33.1 Å². The highest BCUT2D eigenvalue weighted by Gasteiger charge is 2.38. The van der Waals surface area contributed by atoms with Crippen molar-refractivity contribution in [3.8, 4) is 11.5 Å². The number of carbonyl (C=O) groups is 2. The van der Waals surface area contributed by atoms with E-state index in [1.807, 2.05) is 78.9 Å². The van der Waals surface area contributed by atoms with E-state index in [9.17, 15) is 9.59 Å². The maximum Gasteiger partial charge on any atom is 0.323 e. The number of benzene rings is 2. The van der Waals surface area contributed by atoms with Crippen LogP contribution in [0.2, 0.25) is 0 Å². The molecule has 9 heteroatoms. The normalized spacial score (nSPS) is 17.3. The molecule has 1 fully saturated rings. The van der Waals surface area contributed by atoms with E-state index >= 15 is 0 Å². The Morgan fingerprint density at radius 1 is 1.00 bits per heavy atom. The zero-order chi connectivity index (χ0) is 27.2. The summed E-state index contributed by atoms with van der Waals surface area (Å²) >= 11 is 0. The zero-order valence-electron chi connectivity index (χ0n) is 22.7. The van der Waals surface area contributed by atoms with Gasteiger partial charge >= 0.3 is 5.97 Å². The van der Waals surface area contributed by atoms with Gasteiger partial charge in [-0.15, -0.1) is 0 Å². The highest BCUT2D eigenvalue weighted by molar-refractivity contribution is 5.94. The van der Waals surface area contributed by atoms with Gasteiger partial charge in [0.1, 0.15) is 6.04 Å². The number of amides is 1. The lowest BCUT2D eigenvalue weighted by Gasteiger charge is -2.22. The first-order valence-corrected chi connectivity index (χ1v) is 12.8. The molecule has 0 bridgehead atoms. The Hall–Kier alpha value is -3.85. The van der Waals surface area contributed by atoms with Crippen LogP contribution in [-0.4, -0.2) is 66.0 Å². The number of nitrogens with zero attached hydrogens (tertiary/aromatic N) is 3. The lowest BCUT2D eigenvalue weighted by Crippen LogP contribution is -2.37. The number of methoxy groups -OCH3 is 2. The Morgan fingerprint density at radius 2 is 1.74 bits per heavy atom. The molecule has 2 heterocycles. The van der Waals surface area contributed by atoms with Gasteiger partial charge in [0.2, 0.25) is 0 Å². The van der Waals surface area contributed by atoms with Gasteiger partial charge in [0.15, 0.2) is 11.5 Å². The van der Waals surface area contributed by atoms with Crippen molar-refractivity contribution in [2.45, 2.75) is 52.4 Å². The van der Waals surface area contributed by atoms with Gasteiger partial charge in [0, 0.05) is 30.4 Å². The predicted octanol–water partition coefficient (Wildman–Crippen LogP) is 3.50. The number of nitrogens with one attached hydrogen (secondary N) is 1. The van der Waals surface area contributed by atoms with Crippen LogP contribution >= 0.6 is 0 Å². The molecule has 2 aromatic carbocycles. The van der Waals surface area contributed by atoms with E-state index in [-0.39, 0.29) is 17.9 Å². The van der Waals surface area contributed by atoms with E-state index in [1.54, 1.807) is 7.11 Å². The van der Waals surface area contributed by atoms with Crippen molar-refractivity contribution in [2.24, 2.45) is 0 Å². The number of carbonyl (C=O) groups excluding carboxylic acids is 2. The van der Waals surface area contributed by atoms with Crippen LogP contribution in [0, 0.1) is 13.8 Å². The second-order valence-electron chi connectivity index (χ2n) is 9.57. The van der Waals surface area contributed by atoms with Crippen LogP contribution in [0.5, 0.6) is 11.5 Å². The molecule has 0 saturated carbocycles. The number of esters is 1. The summed E-state index contributed by atoms with van der Waals surface area (Å²) < 4.78 is 18.1. The van der Waals surface area contributed by atoms with Gasteiger partial charge in [-0.1, -0.05) is 18.2 Å². The predicted molar refractivity (Wildman–Crippen MR) is 143 cm³/mol. The summed E-state index contributed by atoms with van der Waals surface area (Å²) in [6, 6.07) is 14.7. The summed E-state index contributed by atoms with van der Waals surface area (Å²) in [6.45, 7) is 8.13. The Morgan fingerprint density at radius 3 is 2.37 bits per heavy atom. The number of hydrogen-bond acceptors (Lipinski definition) is 7. The van der Waals surface area contributed by atoms with Gasteiger partial charge in [0.25, 0.3) is 5.91 Å². The van der Waals surface area contributed by atoms with E-state index in [4.69, 9.17) is 14.2 Å². The second-order valence-corrected chi connectivity index (χ2v) is 9.57. The highest BCUT2D eigenvalue weighted by Crippen LogP contribution is 2.30. The van der Waals surface area contributed by atoms with Crippen LogP contribution in [0.4, 0.5) is 0 Å². The number of ether oxygens (including phenoxy) is 3. The van der Waals surface area contributed by atoms with Gasteiger partial charge in [-0.2, -0.15) is 5.10 Å². The molecule has 1 aliphatic heterocycles. The number of aryl methyl sites for hydroxylation is 2. The van der Waals surface area contributed by atoms with E-state index in [1.165, 1.54) is 7.11 Å². The summed E-state index contributed by atoms with van der Waals surface area (Å²) in [5.74, 6) is 0.843. The van der Waals surface area contributed by atoms with Crippen molar-refractivity contribution in [1.82, 2.24) is 20.0 Å². The van der Waals surface area contributed by atoms with Gasteiger partial charge in [-0.3, -0.25) is 19.2 Å². The van der Waals surface area contributed by atoms with Crippen LogP contribution in [-0.2, 0) is 22.6 Å². The van der Waals surface area contributed by atoms with Gasteiger partial charge in [-0.25, -0.2) is 0 Å². The molecule has 1 amide bonds. The van der Waals surface area contributed by atoms with E-state index in [0.717, 1.165) is 22.5 Å². The average Bonchev–Trinajstić information content (AvgIpc) is 3.45. The summed E-state index contributed by atoms with van der Waals surface area (Å²) in [5, 5.41) is 7.60. The molecular weight excluding hydrogens is 484 g/mol. The Kier molecular flexibility index (Phi) is 8.68. The van der Waals surface area contributed by atoms with E-state index in [0.29, 0.717) is 49.7 Å². The first kappa shape index (κ1) is 27.2. The minimum Gasteiger partial charge on any atom is -0.493 e. The first-order valence-electron chi connectivity index (χ1n) is 12.8. The topological polar surface area (TPSA) is 94.9 Å². The zero-order valence-corrected chi connectivity index (χ0v) is 22.7. The number of hydrogen-bond donors (Lipinski definition) is 1. The molecular formula is C29H36N4O5. The van der Waals surface area contributed by atoms with Crippen LogP contribution < -0.4 is 14.8 Å². The maximum absolute atomic E-state index is 13.0. The van der Waals surface area contributed by atoms with E-state index < -0.39 is 6.04 Å². The standard InChI is InChI=1S/C29H36N4O5/c1-6-38-27-14-22(9-12-26(27)36-4)16-32-18-24(15-25(32)29(35)37-5)30-28(34)23-10-7-21(8-11-23)17-33-20(3)13-19(2)31-33/h7-14,24-25H,6,15-18H2,1-5H3,(H,30,34)/t24-,25+/m1/s1. The summed E-state index contributed by atoms with van der Waals surface area (Å²) in [5.41, 5.74) is 4.70. The number of likely N-dealkylation sites (tertiary alicyclic amines) is 1. The van der Waals surface area contributed by atoms with Crippen LogP contribution in [0.1, 0.15) is 46.2 Å². The molecule has 202 valence electrons. The Labute approximate surface area is 223 Å². The largest absolute Gasteiger partial charge is 0.493 e. The second kappa shape index (κ2) is 12.1. The molecule has 0 unspecified atom stereocenters. The van der Waals surface area contributed by atoms with Gasteiger partial charge < -0.3 is 19.5 Å². The molecule has 1 aromatic heterocycles. The molecule has 4 rings (SSSR count). The van der Waals surface area contributed by atoms with Crippen molar-refractivity contribution in [2.75, 3.05) is 27.4 Å². The summed E-state index contributed by atoms with van der Waals surface area (Å²) in [4.78, 5) is 27.6. The third-order valence-electron chi connectivity index (χ3n) is 6.78. The molecule has 1 N–H and O–H groups in total. The molecule has 2 atom stereocenters. The van der Waals surface area contributed by atoms with Crippen molar-refractivity contribution < 1.29 is 23.8 Å². The maximum atomic E-state index is 13.0. The van der Waals surface area contributed by atoms with Crippen LogP contribution in [0.15, 0.2) is 48.5 Å². The molecule has 1 saturated heterocycles. The number of rotatable bonds is 10. The summed E-state index contributed by atoms with van der Waals surface area (Å²) in [6.07, 6.45) is 0.475. The molecule has 3 aromatic rings. The first-order chi connectivity index (χ1) is 18.3. The molecule has 0 spiro atoms.